The van der Waals surface area contributed by atoms with Crippen molar-refractivity contribution in [3.05, 3.63) is 71.9 Å². The molecule has 0 saturated heterocycles. The average Bonchev–Trinajstić information content (AvgIpc) is 3.36. The van der Waals surface area contributed by atoms with Crippen molar-refractivity contribution >= 4 is 17.1 Å². The van der Waals surface area contributed by atoms with Crippen LogP contribution in [-0.2, 0) is 13.6 Å². The summed E-state index contributed by atoms with van der Waals surface area (Å²) >= 11 is 0. The first-order valence-corrected chi connectivity index (χ1v) is 9.24. The van der Waals surface area contributed by atoms with Crippen molar-refractivity contribution in [2.24, 2.45) is 7.05 Å². The number of carbonyl (C=O) groups is 1. The summed E-state index contributed by atoms with van der Waals surface area (Å²) in [5.74, 6) is 2.05. The van der Waals surface area contributed by atoms with Gasteiger partial charge in [0.25, 0.3) is 5.91 Å². The number of hydrogen-bond acceptors (Lipinski definition) is 5. The Morgan fingerprint density at radius 3 is 2.90 bits per heavy atom. The number of rotatable bonds is 4. The third-order valence-electron chi connectivity index (χ3n) is 4.90. The summed E-state index contributed by atoms with van der Waals surface area (Å²) in [5, 5.41) is 2.95. The Labute approximate surface area is 166 Å². The minimum atomic E-state index is -0.151. The SMILES string of the molecule is Cn1c(-c2cccc(C(=O)NCc3ccc4c(c3)OCO4)c2)nc2cccnc21. The highest BCUT2D eigenvalue weighted by molar-refractivity contribution is 5.95. The predicted octanol–water partition coefficient (Wildman–Crippen LogP) is 3.29. The van der Waals surface area contributed by atoms with E-state index < -0.39 is 0 Å². The van der Waals surface area contributed by atoms with E-state index >= 15 is 0 Å². The van der Waals surface area contributed by atoms with Gasteiger partial charge in [0.2, 0.25) is 6.79 Å². The lowest BCUT2D eigenvalue weighted by molar-refractivity contribution is 0.0951. The van der Waals surface area contributed by atoms with Gasteiger partial charge in [-0.2, -0.15) is 0 Å². The Hall–Kier alpha value is -3.87. The highest BCUT2D eigenvalue weighted by Gasteiger charge is 2.15. The molecule has 0 saturated carbocycles. The van der Waals surface area contributed by atoms with Crippen LogP contribution in [0.3, 0.4) is 0 Å². The molecule has 0 atom stereocenters. The molecule has 0 spiro atoms. The monoisotopic (exact) mass is 386 g/mol. The van der Waals surface area contributed by atoms with Gasteiger partial charge >= 0.3 is 0 Å². The molecule has 0 aliphatic carbocycles. The third kappa shape index (κ3) is 3.16. The van der Waals surface area contributed by atoms with Crippen LogP contribution in [0.5, 0.6) is 11.5 Å². The van der Waals surface area contributed by atoms with E-state index in [0.717, 1.165) is 33.9 Å². The van der Waals surface area contributed by atoms with Gasteiger partial charge in [-0.05, 0) is 42.0 Å². The van der Waals surface area contributed by atoms with Crippen molar-refractivity contribution in [2.45, 2.75) is 6.54 Å². The summed E-state index contributed by atoms with van der Waals surface area (Å²) in [6, 6.07) is 16.9. The van der Waals surface area contributed by atoms with Gasteiger partial charge in [0.15, 0.2) is 17.1 Å². The summed E-state index contributed by atoms with van der Waals surface area (Å²) in [4.78, 5) is 21.7. The number of aryl methyl sites for hydroxylation is 1. The van der Waals surface area contributed by atoms with E-state index in [1.165, 1.54) is 0 Å². The first-order valence-electron chi connectivity index (χ1n) is 9.24. The van der Waals surface area contributed by atoms with Crippen molar-refractivity contribution in [1.29, 1.82) is 0 Å². The molecule has 0 radical (unpaired) electrons. The van der Waals surface area contributed by atoms with Gasteiger partial charge in [-0.25, -0.2) is 9.97 Å². The van der Waals surface area contributed by atoms with Crippen molar-refractivity contribution in [3.8, 4) is 22.9 Å². The van der Waals surface area contributed by atoms with Crippen LogP contribution in [0, 0.1) is 0 Å². The molecular weight excluding hydrogens is 368 g/mol. The van der Waals surface area contributed by atoms with Crippen LogP contribution in [0.1, 0.15) is 15.9 Å². The zero-order valence-corrected chi connectivity index (χ0v) is 15.8. The number of ether oxygens (including phenoxy) is 2. The number of imidazole rings is 1. The molecule has 2 aromatic carbocycles. The molecule has 0 fully saturated rings. The minimum absolute atomic E-state index is 0.151. The van der Waals surface area contributed by atoms with Crippen molar-refractivity contribution < 1.29 is 14.3 Å². The summed E-state index contributed by atoms with van der Waals surface area (Å²) < 4.78 is 12.6. The second kappa shape index (κ2) is 6.94. The fraction of sp³-hybridized carbons (Fsp3) is 0.136. The predicted molar refractivity (Wildman–Crippen MR) is 108 cm³/mol. The fourth-order valence-corrected chi connectivity index (χ4v) is 3.42. The molecule has 0 bridgehead atoms. The molecule has 5 rings (SSSR count). The number of carbonyl (C=O) groups excluding carboxylic acids is 1. The Morgan fingerprint density at radius 1 is 1.10 bits per heavy atom. The molecule has 29 heavy (non-hydrogen) atoms. The molecule has 4 aromatic rings. The van der Waals surface area contributed by atoms with Gasteiger partial charge in [0, 0.05) is 30.9 Å². The molecule has 1 aliphatic rings. The van der Waals surface area contributed by atoms with Gasteiger partial charge < -0.3 is 19.4 Å². The lowest BCUT2D eigenvalue weighted by Gasteiger charge is -2.08. The van der Waals surface area contributed by atoms with E-state index in [2.05, 4.69) is 15.3 Å². The Balaban J connectivity index is 1.36. The van der Waals surface area contributed by atoms with Gasteiger partial charge in [0.1, 0.15) is 11.3 Å². The van der Waals surface area contributed by atoms with Crippen molar-refractivity contribution in [2.75, 3.05) is 6.79 Å². The van der Waals surface area contributed by atoms with E-state index in [9.17, 15) is 4.79 Å². The average molecular weight is 386 g/mol. The highest BCUT2D eigenvalue weighted by Crippen LogP contribution is 2.32. The molecule has 144 valence electrons. The van der Waals surface area contributed by atoms with E-state index in [-0.39, 0.29) is 12.7 Å². The van der Waals surface area contributed by atoms with Crippen LogP contribution in [0.25, 0.3) is 22.6 Å². The number of fused-ring (bicyclic) bond motifs is 2. The van der Waals surface area contributed by atoms with Gasteiger partial charge in [-0.1, -0.05) is 18.2 Å². The number of amides is 1. The summed E-state index contributed by atoms with van der Waals surface area (Å²) in [7, 11) is 1.92. The van der Waals surface area contributed by atoms with E-state index in [1.54, 1.807) is 12.3 Å². The zero-order chi connectivity index (χ0) is 19.8. The summed E-state index contributed by atoms with van der Waals surface area (Å²) in [5.41, 5.74) is 4.01. The maximum absolute atomic E-state index is 12.7. The largest absolute Gasteiger partial charge is 0.454 e. The molecule has 7 heteroatoms. The van der Waals surface area contributed by atoms with Gasteiger partial charge in [-0.15, -0.1) is 0 Å². The smallest absolute Gasteiger partial charge is 0.251 e. The number of aromatic nitrogens is 3. The van der Waals surface area contributed by atoms with Crippen LogP contribution in [0.2, 0.25) is 0 Å². The first kappa shape index (κ1) is 17.2. The Bertz CT molecular complexity index is 1230. The van der Waals surface area contributed by atoms with E-state index in [1.807, 2.05) is 60.1 Å². The van der Waals surface area contributed by atoms with Crippen LogP contribution in [0.4, 0.5) is 0 Å². The Kier molecular flexibility index (Phi) is 4.13. The normalized spacial score (nSPS) is 12.3. The standard InChI is InChI=1S/C22H18N4O3/c1-26-20(25-17-6-3-9-23-21(17)26)15-4-2-5-16(11-15)22(27)24-12-14-7-8-18-19(10-14)29-13-28-18/h2-11H,12-13H2,1H3,(H,24,27). The Morgan fingerprint density at radius 2 is 2.00 bits per heavy atom. The molecule has 3 heterocycles. The minimum Gasteiger partial charge on any atom is -0.454 e. The van der Waals surface area contributed by atoms with Gasteiger partial charge in [0.05, 0.1) is 0 Å². The summed E-state index contributed by atoms with van der Waals surface area (Å²) in [6.07, 6.45) is 1.74. The maximum Gasteiger partial charge on any atom is 0.251 e. The van der Waals surface area contributed by atoms with Crippen LogP contribution >= 0.6 is 0 Å². The van der Waals surface area contributed by atoms with Crippen LogP contribution in [0.15, 0.2) is 60.8 Å². The number of benzene rings is 2. The number of nitrogens with zero attached hydrogens (tertiary/aromatic N) is 3. The first-order chi connectivity index (χ1) is 14.2. The van der Waals surface area contributed by atoms with Crippen LogP contribution in [-0.4, -0.2) is 27.2 Å². The van der Waals surface area contributed by atoms with E-state index in [4.69, 9.17) is 9.47 Å². The lowest BCUT2D eigenvalue weighted by atomic mass is 10.1. The molecule has 0 unspecified atom stereocenters. The van der Waals surface area contributed by atoms with E-state index in [0.29, 0.717) is 17.9 Å². The molecule has 1 aliphatic heterocycles. The topological polar surface area (TPSA) is 78.3 Å². The number of nitrogens with one attached hydrogen (secondary N) is 1. The maximum atomic E-state index is 12.7. The number of pyridine rings is 1. The zero-order valence-electron chi connectivity index (χ0n) is 15.8. The molecule has 1 N–H and O–H groups in total. The highest BCUT2D eigenvalue weighted by atomic mass is 16.7. The number of hydrogen-bond donors (Lipinski definition) is 1. The lowest BCUT2D eigenvalue weighted by Crippen LogP contribution is -2.22. The third-order valence-corrected chi connectivity index (χ3v) is 4.90. The second-order valence-corrected chi connectivity index (χ2v) is 6.79. The molecule has 7 nitrogen and oxygen atoms in total. The quantitative estimate of drug-likeness (QED) is 0.582. The summed E-state index contributed by atoms with van der Waals surface area (Å²) in [6.45, 7) is 0.631. The van der Waals surface area contributed by atoms with Crippen molar-refractivity contribution in [1.82, 2.24) is 19.9 Å². The van der Waals surface area contributed by atoms with Gasteiger partial charge in [-0.3, -0.25) is 4.79 Å². The molecule has 2 aromatic heterocycles. The second-order valence-electron chi connectivity index (χ2n) is 6.79. The fourth-order valence-electron chi connectivity index (χ4n) is 3.42. The molecular formula is C22H18N4O3. The van der Waals surface area contributed by atoms with Crippen molar-refractivity contribution in [3.63, 3.8) is 0 Å². The molecule has 1 amide bonds. The van der Waals surface area contributed by atoms with Crippen LogP contribution < -0.4 is 14.8 Å².